The largest absolute Gasteiger partial charge is 0.456 e. The molecule has 1 atom stereocenters. The minimum atomic E-state index is -0.589. The Morgan fingerprint density at radius 2 is 1.75 bits per heavy atom. The van der Waals surface area contributed by atoms with Crippen LogP contribution in [0.3, 0.4) is 0 Å². The lowest BCUT2D eigenvalue weighted by atomic mass is 9.91. The van der Waals surface area contributed by atoms with E-state index in [1.165, 1.54) is 5.56 Å². The molecular formula is C23H29ClN2O2. The number of hydrogen-bond donors (Lipinski definition) is 2. The van der Waals surface area contributed by atoms with E-state index in [4.69, 9.17) is 21.7 Å². The third-order valence-electron chi connectivity index (χ3n) is 4.23. The van der Waals surface area contributed by atoms with Crippen molar-refractivity contribution < 1.29 is 9.53 Å². The fraction of sp³-hybridized carbons (Fsp3) is 0.391. The molecule has 28 heavy (non-hydrogen) atoms. The van der Waals surface area contributed by atoms with E-state index in [0.29, 0.717) is 11.4 Å². The molecule has 0 saturated heterocycles. The molecule has 2 N–H and O–H groups in total. The molecule has 150 valence electrons. The molecule has 0 spiro atoms. The van der Waals surface area contributed by atoms with Gasteiger partial charge >= 0.3 is 5.97 Å². The number of anilines is 1. The molecule has 2 rings (SSSR count). The summed E-state index contributed by atoms with van der Waals surface area (Å²) in [5.41, 5.74) is 1.65. The summed E-state index contributed by atoms with van der Waals surface area (Å²) in [5, 5.41) is 12.3. The van der Waals surface area contributed by atoms with E-state index in [-0.39, 0.29) is 11.6 Å². The Morgan fingerprint density at radius 1 is 1.11 bits per heavy atom. The highest BCUT2D eigenvalue weighted by Gasteiger charge is 2.23. The molecule has 0 heterocycles. The summed E-state index contributed by atoms with van der Waals surface area (Å²) >= 11 is 5.92. The molecule has 5 heteroatoms. The summed E-state index contributed by atoms with van der Waals surface area (Å²) in [6.45, 7) is 6.20. The zero-order valence-electron chi connectivity index (χ0n) is 16.8. The number of ether oxygens (including phenoxy) is 1. The first kappa shape index (κ1) is 22.0. The van der Waals surface area contributed by atoms with Crippen LogP contribution < -0.4 is 5.32 Å². The van der Waals surface area contributed by atoms with Gasteiger partial charge in [-0.2, -0.15) is 0 Å². The van der Waals surface area contributed by atoms with Gasteiger partial charge in [-0.25, -0.2) is 4.79 Å². The number of carbonyl (C=O) groups is 1. The second kappa shape index (κ2) is 10.3. The number of hydrogen-bond acceptors (Lipinski definition) is 4. The number of halogens is 1. The fourth-order valence-corrected chi connectivity index (χ4v) is 3.05. The van der Waals surface area contributed by atoms with Gasteiger partial charge in [-0.1, -0.05) is 41.9 Å². The van der Waals surface area contributed by atoms with Crippen LogP contribution in [-0.2, 0) is 16.0 Å². The van der Waals surface area contributed by atoms with Crippen molar-refractivity contribution >= 4 is 29.0 Å². The number of rotatable bonds is 9. The molecule has 2 aromatic rings. The average Bonchev–Trinajstić information content (AvgIpc) is 2.62. The summed E-state index contributed by atoms with van der Waals surface area (Å²) in [6, 6.07) is 17.8. The third-order valence-corrected chi connectivity index (χ3v) is 4.48. The highest BCUT2D eigenvalue weighted by Crippen LogP contribution is 2.19. The standard InChI is InChI=1S/C23H29ClN2O2/c1-23(2,3)28-22(27)21(25)16-18(15-17-7-5-4-6-8-17)13-14-26-20-11-9-19(24)10-12-20/h4-12,18,25-26H,13-16H2,1-3H3. The van der Waals surface area contributed by atoms with E-state index in [1.807, 2.05) is 63.2 Å². The smallest absolute Gasteiger partial charge is 0.352 e. The van der Waals surface area contributed by atoms with E-state index in [9.17, 15) is 4.79 Å². The molecule has 0 bridgehead atoms. The minimum absolute atomic E-state index is 0.0300. The Labute approximate surface area is 172 Å². The molecule has 2 aromatic carbocycles. The average molecular weight is 401 g/mol. The second-order valence-electron chi connectivity index (χ2n) is 7.96. The van der Waals surface area contributed by atoms with Crippen molar-refractivity contribution in [1.82, 2.24) is 0 Å². The van der Waals surface area contributed by atoms with E-state index in [2.05, 4.69) is 17.4 Å². The maximum absolute atomic E-state index is 12.2. The number of esters is 1. The van der Waals surface area contributed by atoms with Gasteiger partial charge in [0, 0.05) is 17.3 Å². The number of carbonyl (C=O) groups excluding carboxylic acids is 1. The van der Waals surface area contributed by atoms with Crippen LogP contribution in [0.4, 0.5) is 5.69 Å². The van der Waals surface area contributed by atoms with Gasteiger partial charge in [0.15, 0.2) is 0 Å². The molecule has 1 unspecified atom stereocenters. The third kappa shape index (κ3) is 8.13. The Morgan fingerprint density at radius 3 is 2.36 bits per heavy atom. The van der Waals surface area contributed by atoms with Gasteiger partial charge in [0.1, 0.15) is 11.3 Å². The van der Waals surface area contributed by atoms with Gasteiger partial charge < -0.3 is 10.1 Å². The zero-order valence-corrected chi connectivity index (χ0v) is 17.6. The summed E-state index contributed by atoms with van der Waals surface area (Å²) in [6.07, 6.45) is 2.04. The van der Waals surface area contributed by atoms with Crippen molar-refractivity contribution in [1.29, 1.82) is 5.41 Å². The predicted molar refractivity (Wildman–Crippen MR) is 116 cm³/mol. The van der Waals surface area contributed by atoms with E-state index < -0.39 is 11.6 Å². The van der Waals surface area contributed by atoms with Gasteiger partial charge in [-0.15, -0.1) is 0 Å². The van der Waals surface area contributed by atoms with Crippen LogP contribution in [0.5, 0.6) is 0 Å². The van der Waals surface area contributed by atoms with Crippen LogP contribution in [0.2, 0.25) is 5.02 Å². The monoisotopic (exact) mass is 400 g/mol. The fourth-order valence-electron chi connectivity index (χ4n) is 2.92. The van der Waals surface area contributed by atoms with Crippen LogP contribution in [0.1, 0.15) is 39.2 Å². The van der Waals surface area contributed by atoms with Gasteiger partial charge in [0.25, 0.3) is 0 Å². The first-order chi connectivity index (χ1) is 13.2. The van der Waals surface area contributed by atoms with Crippen LogP contribution in [0, 0.1) is 11.3 Å². The van der Waals surface area contributed by atoms with Crippen molar-refractivity contribution in [3.8, 4) is 0 Å². The molecule has 0 aromatic heterocycles. The maximum atomic E-state index is 12.2. The minimum Gasteiger partial charge on any atom is -0.456 e. The predicted octanol–water partition coefficient (Wildman–Crippen LogP) is 5.75. The van der Waals surface area contributed by atoms with Crippen LogP contribution in [0.15, 0.2) is 54.6 Å². The molecule has 0 fully saturated rings. The SMILES string of the molecule is CC(C)(C)OC(=O)C(=N)CC(CCNc1ccc(Cl)cc1)Cc1ccccc1. The molecular weight excluding hydrogens is 372 g/mol. The Balaban J connectivity index is 1.96. The Bertz CT molecular complexity index is 767. The van der Waals surface area contributed by atoms with Gasteiger partial charge in [-0.05, 0) is 75.8 Å². The highest BCUT2D eigenvalue weighted by atomic mass is 35.5. The van der Waals surface area contributed by atoms with Crippen LogP contribution in [0.25, 0.3) is 0 Å². The normalized spacial score (nSPS) is 12.3. The lowest BCUT2D eigenvalue weighted by molar-refractivity contribution is -0.146. The van der Waals surface area contributed by atoms with E-state index in [1.54, 1.807) is 0 Å². The quantitative estimate of drug-likeness (QED) is 0.416. The van der Waals surface area contributed by atoms with Gasteiger partial charge in [-0.3, -0.25) is 5.41 Å². The lowest BCUT2D eigenvalue weighted by Crippen LogP contribution is -2.30. The van der Waals surface area contributed by atoms with E-state index in [0.717, 1.165) is 25.1 Å². The van der Waals surface area contributed by atoms with Crippen LogP contribution in [-0.4, -0.2) is 23.8 Å². The topological polar surface area (TPSA) is 62.2 Å². The molecule has 0 aliphatic heterocycles. The van der Waals surface area contributed by atoms with Crippen molar-refractivity contribution in [2.24, 2.45) is 5.92 Å². The molecule has 0 radical (unpaired) electrons. The van der Waals surface area contributed by atoms with Crippen molar-refractivity contribution in [3.05, 3.63) is 65.2 Å². The first-order valence-corrected chi connectivity index (χ1v) is 9.95. The van der Waals surface area contributed by atoms with E-state index >= 15 is 0 Å². The zero-order chi connectivity index (χ0) is 20.6. The number of benzene rings is 2. The molecule has 0 aliphatic rings. The maximum Gasteiger partial charge on any atom is 0.352 e. The first-order valence-electron chi connectivity index (χ1n) is 9.57. The van der Waals surface area contributed by atoms with Gasteiger partial charge in [0.2, 0.25) is 0 Å². The summed E-state index contributed by atoms with van der Waals surface area (Å²) < 4.78 is 5.34. The summed E-state index contributed by atoms with van der Waals surface area (Å²) in [4.78, 5) is 12.2. The van der Waals surface area contributed by atoms with Crippen molar-refractivity contribution in [2.75, 3.05) is 11.9 Å². The Kier molecular flexibility index (Phi) is 8.06. The molecule has 0 aliphatic carbocycles. The second-order valence-corrected chi connectivity index (χ2v) is 8.40. The van der Waals surface area contributed by atoms with Crippen molar-refractivity contribution in [3.63, 3.8) is 0 Å². The van der Waals surface area contributed by atoms with Gasteiger partial charge in [0.05, 0.1) is 0 Å². The lowest BCUT2D eigenvalue weighted by Gasteiger charge is -2.22. The van der Waals surface area contributed by atoms with Crippen LogP contribution >= 0.6 is 11.6 Å². The molecule has 0 saturated carbocycles. The summed E-state index contributed by atoms with van der Waals surface area (Å²) in [7, 11) is 0. The molecule has 0 amide bonds. The van der Waals surface area contributed by atoms with Crippen molar-refractivity contribution in [2.45, 2.75) is 45.6 Å². The number of nitrogens with one attached hydrogen (secondary N) is 2. The highest BCUT2D eigenvalue weighted by molar-refractivity contribution is 6.35. The Hall–Kier alpha value is -2.33. The molecule has 4 nitrogen and oxygen atoms in total. The summed E-state index contributed by atoms with van der Waals surface area (Å²) in [5.74, 6) is -0.363.